The summed E-state index contributed by atoms with van der Waals surface area (Å²) in [6, 6.07) is 15.6. The van der Waals surface area contributed by atoms with Crippen LogP contribution in [0.25, 0.3) is 0 Å². The van der Waals surface area contributed by atoms with Gasteiger partial charge in [-0.1, -0.05) is 29.8 Å². The first-order valence-electron chi connectivity index (χ1n) is 7.82. The summed E-state index contributed by atoms with van der Waals surface area (Å²) in [7, 11) is 0. The number of amides is 1. The second-order valence-electron chi connectivity index (χ2n) is 5.44. The number of nitrogens with one attached hydrogen (secondary N) is 1. The molecule has 0 bridgehead atoms. The van der Waals surface area contributed by atoms with Crippen molar-refractivity contribution < 1.29 is 4.79 Å². The number of hydrogen-bond acceptors (Lipinski definition) is 4. The van der Waals surface area contributed by atoms with Gasteiger partial charge in [0.05, 0.1) is 18.5 Å². The Kier molecular flexibility index (Phi) is 5.56. The molecule has 0 saturated carbocycles. The number of aromatic nitrogens is 2. The molecule has 1 amide bonds. The van der Waals surface area contributed by atoms with Gasteiger partial charge >= 0.3 is 0 Å². The minimum Gasteiger partial charge on any atom is -0.310 e. The molecule has 3 aromatic rings. The molecular formula is C19H15ClN4O2. The molecule has 0 saturated heterocycles. The Bertz CT molecular complexity index is 1000. The van der Waals surface area contributed by atoms with Crippen LogP contribution in [0, 0.1) is 0 Å². The zero-order chi connectivity index (χ0) is 18.4. The van der Waals surface area contributed by atoms with Crippen LogP contribution in [-0.4, -0.2) is 21.7 Å². The summed E-state index contributed by atoms with van der Waals surface area (Å²) in [6.07, 6.45) is 4.65. The third kappa shape index (κ3) is 4.43. The maximum atomic E-state index is 12.5. The molecule has 2 heterocycles. The highest BCUT2D eigenvalue weighted by molar-refractivity contribution is 6.30. The first-order chi connectivity index (χ1) is 12.6. The molecule has 3 rings (SSSR count). The molecule has 6 nitrogen and oxygen atoms in total. The molecule has 1 aromatic carbocycles. The fourth-order valence-corrected chi connectivity index (χ4v) is 2.55. The topological polar surface area (TPSA) is 76.3 Å². The fraction of sp³-hybridized carbons (Fsp3) is 0.0526. The van der Waals surface area contributed by atoms with Gasteiger partial charge in [-0.2, -0.15) is 5.10 Å². The first-order valence-corrected chi connectivity index (χ1v) is 8.19. The molecule has 0 aliphatic rings. The summed E-state index contributed by atoms with van der Waals surface area (Å²) >= 11 is 5.97. The summed E-state index contributed by atoms with van der Waals surface area (Å²) in [4.78, 5) is 28.8. The second kappa shape index (κ2) is 8.22. The van der Waals surface area contributed by atoms with Crippen LogP contribution >= 0.6 is 11.6 Å². The van der Waals surface area contributed by atoms with Crippen molar-refractivity contribution in [3.63, 3.8) is 0 Å². The Hall–Kier alpha value is -3.25. The maximum Gasteiger partial charge on any atom is 0.276 e. The van der Waals surface area contributed by atoms with Gasteiger partial charge in [0.15, 0.2) is 0 Å². The maximum absolute atomic E-state index is 12.5. The molecule has 0 aliphatic carbocycles. The van der Waals surface area contributed by atoms with E-state index in [1.165, 1.54) is 16.8 Å². The molecule has 0 fully saturated rings. The van der Waals surface area contributed by atoms with Gasteiger partial charge in [0.2, 0.25) is 0 Å². The highest BCUT2D eigenvalue weighted by Crippen LogP contribution is 2.11. The monoisotopic (exact) mass is 366 g/mol. The first kappa shape index (κ1) is 17.6. The zero-order valence-electron chi connectivity index (χ0n) is 13.7. The molecule has 0 unspecified atom stereocenters. The van der Waals surface area contributed by atoms with E-state index in [2.05, 4.69) is 15.5 Å². The van der Waals surface area contributed by atoms with Crippen molar-refractivity contribution in [3.8, 4) is 0 Å². The number of pyridine rings is 2. The van der Waals surface area contributed by atoms with Gasteiger partial charge in [-0.05, 0) is 42.0 Å². The molecular weight excluding hydrogens is 352 g/mol. The summed E-state index contributed by atoms with van der Waals surface area (Å²) in [6.45, 7) is 0.317. The van der Waals surface area contributed by atoms with Gasteiger partial charge in [-0.25, -0.2) is 5.43 Å². The van der Waals surface area contributed by atoms with Gasteiger partial charge in [0.25, 0.3) is 11.5 Å². The zero-order valence-corrected chi connectivity index (χ0v) is 14.4. The van der Waals surface area contributed by atoms with E-state index in [4.69, 9.17) is 11.6 Å². The number of nitrogens with zero attached hydrogens (tertiary/aromatic N) is 3. The van der Waals surface area contributed by atoms with Crippen LogP contribution in [-0.2, 0) is 6.54 Å². The van der Waals surface area contributed by atoms with E-state index in [1.807, 2.05) is 18.2 Å². The third-order valence-electron chi connectivity index (χ3n) is 3.56. The Labute approximate surface area is 154 Å². The third-order valence-corrected chi connectivity index (χ3v) is 3.79. The molecule has 7 heteroatoms. The van der Waals surface area contributed by atoms with Crippen molar-refractivity contribution in [2.45, 2.75) is 6.54 Å². The minimum atomic E-state index is -0.581. The fourth-order valence-electron chi connectivity index (χ4n) is 2.34. The standard InChI is InChI=1S/C19H15ClN4O2/c20-15-6-3-5-14(11-15)13-24-10-4-8-17(19(24)26)18(25)23-22-12-16-7-1-2-9-21-16/h1-12H,13H2,(H,23,25)/b22-12-. The van der Waals surface area contributed by atoms with Crippen molar-refractivity contribution in [1.82, 2.24) is 15.0 Å². The average molecular weight is 367 g/mol. The van der Waals surface area contributed by atoms with E-state index in [0.717, 1.165) is 5.56 Å². The summed E-state index contributed by atoms with van der Waals surface area (Å²) in [5.74, 6) is -0.581. The van der Waals surface area contributed by atoms with Gasteiger partial charge < -0.3 is 4.57 Å². The Morgan fingerprint density at radius 1 is 1.19 bits per heavy atom. The van der Waals surface area contributed by atoms with Crippen LogP contribution in [0.3, 0.4) is 0 Å². The van der Waals surface area contributed by atoms with Crippen LogP contribution in [0.4, 0.5) is 0 Å². The van der Waals surface area contributed by atoms with Gasteiger partial charge in [0.1, 0.15) is 5.56 Å². The van der Waals surface area contributed by atoms with Crippen LogP contribution < -0.4 is 11.0 Å². The largest absolute Gasteiger partial charge is 0.310 e. The van der Waals surface area contributed by atoms with E-state index in [-0.39, 0.29) is 5.56 Å². The number of hydrogen-bond donors (Lipinski definition) is 1. The SMILES string of the molecule is O=C(N/N=C\c1ccccn1)c1cccn(Cc2cccc(Cl)c2)c1=O. The molecule has 2 aromatic heterocycles. The molecule has 1 N–H and O–H groups in total. The van der Waals surface area contributed by atoms with Crippen molar-refractivity contribution in [3.05, 3.63) is 99.2 Å². The van der Waals surface area contributed by atoms with Gasteiger partial charge in [0, 0.05) is 17.4 Å². The van der Waals surface area contributed by atoms with Crippen molar-refractivity contribution in [2.24, 2.45) is 5.10 Å². The van der Waals surface area contributed by atoms with E-state index in [0.29, 0.717) is 17.3 Å². The highest BCUT2D eigenvalue weighted by atomic mass is 35.5. The minimum absolute atomic E-state index is 0.00713. The smallest absolute Gasteiger partial charge is 0.276 e. The molecule has 0 radical (unpaired) electrons. The summed E-state index contributed by atoms with van der Waals surface area (Å²) in [5, 5.41) is 4.42. The quantitative estimate of drug-likeness (QED) is 0.557. The predicted molar refractivity (Wildman–Crippen MR) is 101 cm³/mol. The second-order valence-corrected chi connectivity index (χ2v) is 5.88. The van der Waals surface area contributed by atoms with E-state index < -0.39 is 11.5 Å². The normalized spacial score (nSPS) is 10.8. The van der Waals surface area contributed by atoms with E-state index >= 15 is 0 Å². The molecule has 0 aliphatic heterocycles. The van der Waals surface area contributed by atoms with E-state index in [1.54, 1.807) is 42.7 Å². The molecule has 0 atom stereocenters. The lowest BCUT2D eigenvalue weighted by molar-refractivity contribution is 0.0953. The van der Waals surface area contributed by atoms with E-state index in [9.17, 15) is 9.59 Å². The van der Waals surface area contributed by atoms with Crippen molar-refractivity contribution in [1.29, 1.82) is 0 Å². The number of carbonyl (C=O) groups excluding carboxylic acids is 1. The lowest BCUT2D eigenvalue weighted by Crippen LogP contribution is -2.30. The number of carbonyl (C=O) groups is 1. The number of hydrazone groups is 1. The number of benzene rings is 1. The van der Waals surface area contributed by atoms with Crippen LogP contribution in [0.15, 0.2) is 76.9 Å². The molecule has 0 spiro atoms. The predicted octanol–water partition coefficient (Wildman–Crippen LogP) is 2.71. The average Bonchev–Trinajstić information content (AvgIpc) is 2.64. The highest BCUT2D eigenvalue weighted by Gasteiger charge is 2.11. The van der Waals surface area contributed by atoms with Crippen LogP contribution in [0.1, 0.15) is 21.6 Å². The Morgan fingerprint density at radius 3 is 2.85 bits per heavy atom. The lowest BCUT2D eigenvalue weighted by Gasteiger charge is -2.08. The number of halogens is 1. The van der Waals surface area contributed by atoms with Gasteiger partial charge in [-0.3, -0.25) is 14.6 Å². The Balaban J connectivity index is 1.75. The van der Waals surface area contributed by atoms with Crippen LogP contribution in [0.2, 0.25) is 5.02 Å². The lowest BCUT2D eigenvalue weighted by atomic mass is 10.2. The van der Waals surface area contributed by atoms with Gasteiger partial charge in [-0.15, -0.1) is 0 Å². The summed E-state index contributed by atoms with van der Waals surface area (Å²) in [5.41, 5.74) is 3.41. The van der Waals surface area contributed by atoms with Crippen molar-refractivity contribution >= 4 is 23.7 Å². The number of rotatable bonds is 5. The van der Waals surface area contributed by atoms with Crippen molar-refractivity contribution in [2.75, 3.05) is 0 Å². The van der Waals surface area contributed by atoms with Crippen LogP contribution in [0.5, 0.6) is 0 Å². The summed E-state index contributed by atoms with van der Waals surface area (Å²) < 4.78 is 1.45. The molecule has 26 heavy (non-hydrogen) atoms. The Morgan fingerprint density at radius 2 is 2.08 bits per heavy atom. The molecule has 130 valence electrons.